The van der Waals surface area contributed by atoms with E-state index >= 15 is 0 Å². The average molecular weight is 444 g/mol. The minimum Gasteiger partial charge on any atom is -0.495 e. The van der Waals surface area contributed by atoms with Crippen LogP contribution in [0.3, 0.4) is 0 Å². The normalized spacial score (nSPS) is 23.0. The maximum Gasteiger partial charge on any atom is 0.253 e. The summed E-state index contributed by atoms with van der Waals surface area (Å²) in [5.41, 5.74) is 1.52. The van der Waals surface area contributed by atoms with E-state index in [1.807, 2.05) is 17.9 Å². The Kier molecular flexibility index (Phi) is 6.85. The Hall–Kier alpha value is -2.08. The highest BCUT2D eigenvalue weighted by atomic mass is 35.5. The number of halogens is 1. The molecule has 0 radical (unpaired) electrons. The number of hydrogen-bond donors (Lipinski definition) is 0. The van der Waals surface area contributed by atoms with Gasteiger partial charge in [-0.25, -0.2) is 0 Å². The van der Waals surface area contributed by atoms with Gasteiger partial charge in [0, 0.05) is 38.1 Å². The minimum absolute atomic E-state index is 0.00354. The Balaban J connectivity index is 1.46. The van der Waals surface area contributed by atoms with E-state index < -0.39 is 0 Å². The number of carbonyl (C=O) groups excluding carboxylic acids is 1. The molecule has 4 rings (SSSR count). The number of benzene rings is 2. The minimum atomic E-state index is -0.257. The summed E-state index contributed by atoms with van der Waals surface area (Å²) >= 11 is 6.22. The predicted molar refractivity (Wildman–Crippen MR) is 121 cm³/mol. The zero-order chi connectivity index (χ0) is 21.8. The second kappa shape index (κ2) is 9.60. The summed E-state index contributed by atoms with van der Waals surface area (Å²) in [6.45, 7) is 4.05. The molecule has 1 spiro atoms. The molecule has 166 valence electrons. The Bertz CT molecular complexity index is 896. The van der Waals surface area contributed by atoms with E-state index in [1.54, 1.807) is 25.3 Å². The van der Waals surface area contributed by atoms with E-state index in [2.05, 4.69) is 24.3 Å². The molecule has 2 saturated heterocycles. The maximum atomic E-state index is 13.0. The molecule has 2 heterocycles. The van der Waals surface area contributed by atoms with Crippen LogP contribution in [-0.2, 0) is 9.47 Å². The van der Waals surface area contributed by atoms with Crippen molar-refractivity contribution in [1.82, 2.24) is 4.90 Å². The molecule has 5 nitrogen and oxygen atoms in total. The molecule has 0 unspecified atom stereocenters. The van der Waals surface area contributed by atoms with Gasteiger partial charge in [0.2, 0.25) is 0 Å². The zero-order valence-electron chi connectivity index (χ0n) is 18.2. The molecule has 0 saturated carbocycles. The van der Waals surface area contributed by atoms with Crippen molar-refractivity contribution in [2.45, 2.75) is 50.4 Å². The molecule has 2 aliphatic rings. The first-order valence-electron chi connectivity index (χ1n) is 11.0. The summed E-state index contributed by atoms with van der Waals surface area (Å²) in [5.74, 6) is 0.566. The molecule has 2 atom stereocenters. The topological polar surface area (TPSA) is 48.0 Å². The average Bonchev–Trinajstić information content (AvgIpc) is 2.79. The van der Waals surface area contributed by atoms with Crippen LogP contribution >= 0.6 is 11.6 Å². The first-order chi connectivity index (χ1) is 15.0. The van der Waals surface area contributed by atoms with Crippen molar-refractivity contribution < 1.29 is 19.0 Å². The van der Waals surface area contributed by atoms with Gasteiger partial charge in [-0.2, -0.15) is 0 Å². The van der Waals surface area contributed by atoms with Crippen molar-refractivity contribution in [3.8, 4) is 5.75 Å². The van der Waals surface area contributed by atoms with Crippen molar-refractivity contribution >= 4 is 17.5 Å². The van der Waals surface area contributed by atoms with E-state index in [-0.39, 0.29) is 23.7 Å². The molecular weight excluding hydrogens is 414 g/mol. The first kappa shape index (κ1) is 22.1. The van der Waals surface area contributed by atoms with Crippen LogP contribution in [0.4, 0.5) is 0 Å². The van der Waals surface area contributed by atoms with Gasteiger partial charge >= 0.3 is 0 Å². The summed E-state index contributed by atoms with van der Waals surface area (Å²) in [6, 6.07) is 15.6. The van der Waals surface area contributed by atoms with Crippen LogP contribution in [-0.4, -0.2) is 49.3 Å². The lowest BCUT2D eigenvalue weighted by Gasteiger charge is -2.48. The number of likely N-dealkylation sites (tertiary alicyclic amines) is 1. The Morgan fingerprint density at radius 2 is 1.94 bits per heavy atom. The second-order valence-electron chi connectivity index (χ2n) is 8.36. The highest BCUT2D eigenvalue weighted by Crippen LogP contribution is 2.44. The van der Waals surface area contributed by atoms with Crippen molar-refractivity contribution in [3.63, 3.8) is 0 Å². The van der Waals surface area contributed by atoms with Crippen molar-refractivity contribution in [1.29, 1.82) is 0 Å². The highest BCUT2D eigenvalue weighted by molar-refractivity contribution is 6.32. The van der Waals surface area contributed by atoms with Gasteiger partial charge in [0.15, 0.2) is 0 Å². The molecule has 0 aliphatic carbocycles. The highest BCUT2D eigenvalue weighted by Gasteiger charge is 2.45. The number of nitrogens with zero attached hydrogens (tertiary/aromatic N) is 1. The number of hydrogen-bond acceptors (Lipinski definition) is 4. The van der Waals surface area contributed by atoms with E-state index in [0.717, 1.165) is 25.7 Å². The molecule has 0 aromatic heterocycles. The molecular formula is C25H30ClNO4. The Morgan fingerprint density at radius 3 is 2.58 bits per heavy atom. The first-order valence-corrected chi connectivity index (χ1v) is 11.4. The molecule has 2 fully saturated rings. The van der Waals surface area contributed by atoms with Crippen LogP contribution < -0.4 is 4.74 Å². The molecule has 31 heavy (non-hydrogen) atoms. The SMILES string of the molecule is CCO[C@H]1C[C@@H](c2ccccc2)OC2(CCN(C(=O)c3ccc(OC)c(Cl)c3)CC2)C1. The Labute approximate surface area is 189 Å². The third-order valence-electron chi connectivity index (χ3n) is 6.40. The zero-order valence-corrected chi connectivity index (χ0v) is 18.9. The van der Waals surface area contributed by atoms with Crippen LogP contribution in [0.5, 0.6) is 5.75 Å². The fraction of sp³-hybridized carbons (Fsp3) is 0.480. The standard InChI is InChI=1S/C25H30ClNO4/c1-3-30-20-16-23(18-7-5-4-6-8-18)31-25(17-20)11-13-27(14-12-25)24(28)19-9-10-22(29-2)21(26)15-19/h4-10,15,20,23H,3,11-14,16-17H2,1-2H3/t20-,23-/m0/s1. The molecule has 0 bridgehead atoms. The van der Waals surface area contributed by atoms with Gasteiger partial charge in [-0.3, -0.25) is 4.79 Å². The molecule has 2 aromatic rings. The fourth-order valence-corrected chi connectivity index (χ4v) is 5.05. The number of rotatable bonds is 5. The molecule has 1 amide bonds. The Morgan fingerprint density at radius 1 is 1.19 bits per heavy atom. The van der Waals surface area contributed by atoms with E-state index in [4.69, 9.17) is 25.8 Å². The van der Waals surface area contributed by atoms with Crippen LogP contribution in [0.2, 0.25) is 5.02 Å². The van der Waals surface area contributed by atoms with Gasteiger partial charge in [0.1, 0.15) is 5.75 Å². The lowest BCUT2D eigenvalue weighted by atomic mass is 9.80. The molecule has 2 aromatic carbocycles. The summed E-state index contributed by atoms with van der Waals surface area (Å²) in [5, 5.41) is 0.447. The third kappa shape index (κ3) is 4.89. The number of methoxy groups -OCH3 is 1. The van der Waals surface area contributed by atoms with Crippen molar-refractivity contribution in [3.05, 3.63) is 64.7 Å². The quantitative estimate of drug-likeness (QED) is 0.630. The van der Waals surface area contributed by atoms with Gasteiger partial charge in [-0.05, 0) is 43.5 Å². The van der Waals surface area contributed by atoms with Crippen LogP contribution in [0.15, 0.2) is 48.5 Å². The summed E-state index contributed by atoms with van der Waals surface area (Å²) in [4.78, 5) is 14.9. The predicted octanol–water partition coefficient (Wildman–Crippen LogP) is 5.28. The van der Waals surface area contributed by atoms with Crippen LogP contribution in [0.1, 0.15) is 54.6 Å². The van der Waals surface area contributed by atoms with Gasteiger partial charge in [-0.15, -0.1) is 0 Å². The third-order valence-corrected chi connectivity index (χ3v) is 6.70. The van der Waals surface area contributed by atoms with E-state index in [1.165, 1.54) is 5.56 Å². The summed E-state index contributed by atoms with van der Waals surface area (Å²) in [7, 11) is 1.56. The largest absolute Gasteiger partial charge is 0.495 e. The number of ether oxygens (including phenoxy) is 3. The van der Waals surface area contributed by atoms with Gasteiger partial charge in [-0.1, -0.05) is 41.9 Å². The molecule has 0 N–H and O–H groups in total. The van der Waals surface area contributed by atoms with E-state index in [9.17, 15) is 4.79 Å². The van der Waals surface area contributed by atoms with E-state index in [0.29, 0.717) is 36.0 Å². The number of carbonyl (C=O) groups is 1. The van der Waals surface area contributed by atoms with Gasteiger partial charge < -0.3 is 19.1 Å². The smallest absolute Gasteiger partial charge is 0.253 e. The maximum absolute atomic E-state index is 13.0. The molecule has 2 aliphatic heterocycles. The van der Waals surface area contributed by atoms with Crippen LogP contribution in [0.25, 0.3) is 0 Å². The number of piperidine rings is 1. The lowest BCUT2D eigenvalue weighted by Crippen LogP contribution is -2.52. The summed E-state index contributed by atoms with van der Waals surface area (Å²) < 4.78 is 18.0. The second-order valence-corrected chi connectivity index (χ2v) is 8.77. The van der Waals surface area contributed by atoms with Gasteiger partial charge in [0.05, 0.1) is 29.9 Å². The summed E-state index contributed by atoms with van der Waals surface area (Å²) in [6.07, 6.45) is 3.54. The lowest BCUT2D eigenvalue weighted by molar-refractivity contribution is -0.190. The monoisotopic (exact) mass is 443 g/mol. The fourth-order valence-electron chi connectivity index (χ4n) is 4.79. The van der Waals surface area contributed by atoms with Crippen LogP contribution in [0, 0.1) is 0 Å². The van der Waals surface area contributed by atoms with Crippen molar-refractivity contribution in [2.75, 3.05) is 26.8 Å². The molecule has 6 heteroatoms. The number of amides is 1. The van der Waals surface area contributed by atoms with Crippen molar-refractivity contribution in [2.24, 2.45) is 0 Å². The van der Waals surface area contributed by atoms with Gasteiger partial charge in [0.25, 0.3) is 5.91 Å².